The topological polar surface area (TPSA) is 83.1 Å². The van der Waals surface area contributed by atoms with Gasteiger partial charge < -0.3 is 9.05 Å². The molecule has 0 aromatic heterocycles. The van der Waals surface area contributed by atoms with Gasteiger partial charge in [-0.25, -0.2) is 0 Å². The number of rotatable bonds is 7. The average Bonchev–Trinajstić information content (AvgIpc) is 2.46. The first-order valence-electron chi connectivity index (χ1n) is 6.45. The molecule has 0 aliphatic rings. The smallest absolute Gasteiger partial charge is 0.308 e. The zero-order valence-electron chi connectivity index (χ0n) is 11.8. The van der Waals surface area contributed by atoms with Gasteiger partial charge in [0, 0.05) is 5.02 Å². The fourth-order valence-corrected chi connectivity index (χ4v) is 4.22. The van der Waals surface area contributed by atoms with Gasteiger partial charge >= 0.3 is 7.60 Å². The SMILES string of the molecule is CCOP(=O)(OCC)C(c1ccc(Cl)cc1)C(C#N)C#N. The van der Waals surface area contributed by atoms with Crippen molar-refractivity contribution in [3.63, 3.8) is 0 Å². The first kappa shape index (κ1) is 17.7. The normalized spacial score (nSPS) is 12.7. The van der Waals surface area contributed by atoms with Gasteiger partial charge in [0.2, 0.25) is 0 Å². The molecule has 1 aromatic rings. The summed E-state index contributed by atoms with van der Waals surface area (Å²) in [5.41, 5.74) is -0.442. The first-order chi connectivity index (χ1) is 10.0. The Kier molecular flexibility index (Phi) is 6.89. The van der Waals surface area contributed by atoms with E-state index in [9.17, 15) is 15.1 Å². The van der Waals surface area contributed by atoms with Crippen molar-refractivity contribution in [1.29, 1.82) is 10.5 Å². The van der Waals surface area contributed by atoms with Crippen molar-refractivity contribution in [3.05, 3.63) is 34.9 Å². The van der Waals surface area contributed by atoms with Gasteiger partial charge in [-0.2, -0.15) is 10.5 Å². The van der Waals surface area contributed by atoms with Gasteiger partial charge in [0.05, 0.1) is 25.4 Å². The van der Waals surface area contributed by atoms with Crippen LogP contribution in [0.2, 0.25) is 5.02 Å². The molecule has 0 spiro atoms. The zero-order chi connectivity index (χ0) is 15.9. The molecule has 1 unspecified atom stereocenters. The monoisotopic (exact) mass is 326 g/mol. The Balaban J connectivity index is 3.37. The van der Waals surface area contributed by atoms with Crippen molar-refractivity contribution in [2.24, 2.45) is 5.92 Å². The zero-order valence-corrected chi connectivity index (χ0v) is 13.5. The third-order valence-electron chi connectivity index (χ3n) is 2.76. The molecule has 112 valence electrons. The molecule has 1 rings (SSSR count). The van der Waals surface area contributed by atoms with Crippen molar-refractivity contribution in [3.8, 4) is 12.1 Å². The molecule has 0 aliphatic heterocycles. The maximum Gasteiger partial charge on any atom is 0.340 e. The molecule has 7 heteroatoms. The Hall–Kier alpha value is -1.36. The van der Waals surface area contributed by atoms with E-state index in [1.54, 1.807) is 38.1 Å². The van der Waals surface area contributed by atoms with Crippen LogP contribution in [0.1, 0.15) is 25.1 Å². The predicted molar refractivity (Wildman–Crippen MR) is 79.8 cm³/mol. The van der Waals surface area contributed by atoms with E-state index in [1.807, 2.05) is 12.1 Å². The van der Waals surface area contributed by atoms with Gasteiger partial charge in [0.1, 0.15) is 5.66 Å². The largest absolute Gasteiger partial charge is 0.340 e. The number of hydrogen-bond acceptors (Lipinski definition) is 5. The van der Waals surface area contributed by atoms with Crippen LogP contribution in [0.15, 0.2) is 24.3 Å². The van der Waals surface area contributed by atoms with E-state index in [0.29, 0.717) is 10.6 Å². The second-order valence-corrected chi connectivity index (χ2v) is 6.70. The standard InChI is InChI=1S/C14H16ClN2O3P/c1-3-19-21(18,20-4-2)14(12(9-16)10-17)11-5-7-13(15)8-6-11/h5-8,12,14H,3-4H2,1-2H3. The summed E-state index contributed by atoms with van der Waals surface area (Å²) in [4.78, 5) is 0. The average molecular weight is 327 g/mol. The summed E-state index contributed by atoms with van der Waals surface area (Å²) in [6.45, 7) is 3.67. The lowest BCUT2D eigenvalue weighted by Gasteiger charge is -2.27. The number of benzene rings is 1. The summed E-state index contributed by atoms with van der Waals surface area (Å²) < 4.78 is 23.6. The van der Waals surface area contributed by atoms with Gasteiger partial charge in [-0.05, 0) is 31.5 Å². The molecule has 0 fully saturated rings. The second kappa shape index (κ2) is 8.17. The highest BCUT2D eigenvalue weighted by Gasteiger charge is 2.43. The Morgan fingerprint density at radius 1 is 1.14 bits per heavy atom. The minimum Gasteiger partial charge on any atom is -0.308 e. The Morgan fingerprint density at radius 2 is 1.62 bits per heavy atom. The van der Waals surface area contributed by atoms with Gasteiger partial charge in [0.15, 0.2) is 5.92 Å². The Labute approximate surface area is 129 Å². The lowest BCUT2D eigenvalue weighted by atomic mass is 10.0. The number of halogens is 1. The molecule has 5 nitrogen and oxygen atoms in total. The summed E-state index contributed by atoms with van der Waals surface area (Å²) >= 11 is 5.84. The van der Waals surface area contributed by atoms with Crippen LogP contribution >= 0.6 is 19.2 Å². The van der Waals surface area contributed by atoms with Gasteiger partial charge in [-0.3, -0.25) is 4.57 Å². The van der Waals surface area contributed by atoms with Crippen LogP contribution < -0.4 is 0 Å². The van der Waals surface area contributed by atoms with E-state index >= 15 is 0 Å². The minimum absolute atomic E-state index is 0.158. The van der Waals surface area contributed by atoms with Crippen LogP contribution in [0.25, 0.3) is 0 Å². The fraction of sp³-hybridized carbons (Fsp3) is 0.429. The highest BCUT2D eigenvalue weighted by Crippen LogP contribution is 2.63. The second-order valence-electron chi connectivity index (χ2n) is 4.11. The van der Waals surface area contributed by atoms with Crippen molar-refractivity contribution in [2.45, 2.75) is 19.5 Å². The first-order valence-corrected chi connectivity index (χ1v) is 8.44. The summed E-state index contributed by atoms with van der Waals surface area (Å²) in [5.74, 6) is -1.14. The molecule has 1 atom stereocenters. The summed E-state index contributed by atoms with van der Waals surface area (Å²) in [6.07, 6.45) is 0. The lowest BCUT2D eigenvalue weighted by molar-refractivity contribution is 0.209. The Bertz CT molecular complexity index is 568. The van der Waals surface area contributed by atoms with Crippen molar-refractivity contribution in [1.82, 2.24) is 0 Å². The highest BCUT2D eigenvalue weighted by atomic mass is 35.5. The molecule has 0 aliphatic carbocycles. The third kappa shape index (κ3) is 4.30. The maximum absolute atomic E-state index is 13.0. The van der Waals surface area contributed by atoms with Crippen molar-refractivity contribution < 1.29 is 13.6 Å². The van der Waals surface area contributed by atoms with Crippen molar-refractivity contribution >= 4 is 19.2 Å². The van der Waals surface area contributed by atoms with Gasteiger partial charge in [-0.1, -0.05) is 23.7 Å². The maximum atomic E-state index is 13.0. The fourth-order valence-electron chi connectivity index (χ4n) is 1.95. The van der Waals surface area contributed by atoms with Gasteiger partial charge in [-0.15, -0.1) is 0 Å². The summed E-state index contributed by atoms with van der Waals surface area (Å²) in [7, 11) is -3.64. The molecule has 0 saturated carbocycles. The summed E-state index contributed by atoms with van der Waals surface area (Å²) in [6, 6.07) is 10.2. The predicted octanol–water partition coefficient (Wildman–Crippen LogP) is 4.31. The van der Waals surface area contributed by atoms with E-state index in [4.69, 9.17) is 20.6 Å². The highest BCUT2D eigenvalue weighted by molar-refractivity contribution is 7.54. The van der Waals surface area contributed by atoms with E-state index in [2.05, 4.69) is 0 Å². The van der Waals surface area contributed by atoms with Crippen molar-refractivity contribution in [2.75, 3.05) is 13.2 Å². The number of hydrogen-bond donors (Lipinski definition) is 0. The van der Waals surface area contributed by atoms with E-state index in [-0.39, 0.29) is 13.2 Å². The van der Waals surface area contributed by atoms with Crippen LogP contribution in [-0.2, 0) is 13.6 Å². The van der Waals surface area contributed by atoms with Crippen LogP contribution in [0.4, 0.5) is 0 Å². The van der Waals surface area contributed by atoms with E-state index < -0.39 is 19.2 Å². The third-order valence-corrected chi connectivity index (χ3v) is 5.53. The molecule has 0 heterocycles. The molecular weight excluding hydrogens is 311 g/mol. The lowest BCUT2D eigenvalue weighted by Crippen LogP contribution is -2.14. The molecule has 1 aromatic carbocycles. The van der Waals surface area contributed by atoms with E-state index in [0.717, 1.165) is 0 Å². The van der Waals surface area contributed by atoms with E-state index in [1.165, 1.54) is 0 Å². The quantitative estimate of drug-likeness (QED) is 0.697. The van der Waals surface area contributed by atoms with Crippen LogP contribution in [0.5, 0.6) is 0 Å². The number of nitrogens with zero attached hydrogens (tertiary/aromatic N) is 2. The Morgan fingerprint density at radius 3 is 2.00 bits per heavy atom. The summed E-state index contributed by atoms with van der Waals surface area (Å²) in [5, 5.41) is 18.9. The van der Waals surface area contributed by atoms with Crippen LogP contribution in [-0.4, -0.2) is 13.2 Å². The molecule has 0 radical (unpaired) electrons. The molecule has 0 bridgehead atoms. The van der Waals surface area contributed by atoms with Crippen LogP contribution in [0, 0.1) is 28.6 Å². The molecule has 0 N–H and O–H groups in total. The molecule has 0 amide bonds. The van der Waals surface area contributed by atoms with Crippen LogP contribution in [0.3, 0.4) is 0 Å². The molecule has 21 heavy (non-hydrogen) atoms. The van der Waals surface area contributed by atoms with Gasteiger partial charge in [0.25, 0.3) is 0 Å². The molecular formula is C14H16ClN2O3P. The molecule has 0 saturated heterocycles. The minimum atomic E-state index is -3.64. The number of nitriles is 2.